The predicted octanol–water partition coefficient (Wildman–Crippen LogP) is 2.15. The molecule has 1 saturated carbocycles. The lowest BCUT2D eigenvalue weighted by molar-refractivity contribution is -0.126. The van der Waals surface area contributed by atoms with Crippen molar-refractivity contribution in [1.82, 2.24) is 15.5 Å². The highest BCUT2D eigenvalue weighted by Gasteiger charge is 2.35. The largest absolute Gasteiger partial charge is 0.348 e. The standard InChI is InChI=1S/C18H19FN4O3/c19-13-5-2-6-14(8-13)23-10-12(7-16(23)24)17(25)20-9-15-21-18(26-22-15)11-3-1-4-11/h2,5-6,8,11-12H,1,3-4,7,9-10H2,(H,20,25)/t12-/m1/s1. The van der Waals surface area contributed by atoms with Crippen LogP contribution in [0, 0.1) is 11.7 Å². The smallest absolute Gasteiger partial charge is 0.229 e. The van der Waals surface area contributed by atoms with Crippen molar-refractivity contribution in [3.05, 3.63) is 41.8 Å². The molecule has 1 aliphatic heterocycles. The predicted molar refractivity (Wildman–Crippen MR) is 89.6 cm³/mol. The summed E-state index contributed by atoms with van der Waals surface area (Å²) in [7, 11) is 0. The second-order valence-corrected chi connectivity index (χ2v) is 6.78. The summed E-state index contributed by atoms with van der Waals surface area (Å²) in [6.45, 7) is 0.396. The Morgan fingerprint density at radius 1 is 1.38 bits per heavy atom. The number of halogens is 1. The Morgan fingerprint density at radius 3 is 2.96 bits per heavy atom. The molecule has 136 valence electrons. The molecule has 4 rings (SSSR count). The molecule has 2 heterocycles. The van der Waals surface area contributed by atoms with Gasteiger partial charge in [0, 0.05) is 24.6 Å². The number of rotatable bonds is 5. The maximum absolute atomic E-state index is 13.4. The second kappa shape index (κ2) is 6.86. The van der Waals surface area contributed by atoms with Crippen molar-refractivity contribution in [2.45, 2.75) is 38.1 Å². The van der Waals surface area contributed by atoms with Gasteiger partial charge in [-0.2, -0.15) is 4.98 Å². The van der Waals surface area contributed by atoms with Gasteiger partial charge < -0.3 is 14.7 Å². The number of hydrogen-bond donors (Lipinski definition) is 1. The molecule has 8 heteroatoms. The minimum Gasteiger partial charge on any atom is -0.348 e. The van der Waals surface area contributed by atoms with E-state index in [-0.39, 0.29) is 31.3 Å². The quantitative estimate of drug-likeness (QED) is 0.885. The number of nitrogens with one attached hydrogen (secondary N) is 1. The number of benzene rings is 1. The summed E-state index contributed by atoms with van der Waals surface area (Å²) in [5.41, 5.74) is 0.466. The van der Waals surface area contributed by atoms with Gasteiger partial charge in [0.1, 0.15) is 5.82 Å². The first kappa shape index (κ1) is 16.7. The van der Waals surface area contributed by atoms with Crippen molar-refractivity contribution >= 4 is 17.5 Å². The summed E-state index contributed by atoms with van der Waals surface area (Å²) in [4.78, 5) is 30.3. The van der Waals surface area contributed by atoms with Crippen molar-refractivity contribution in [1.29, 1.82) is 0 Å². The van der Waals surface area contributed by atoms with Crippen molar-refractivity contribution in [2.24, 2.45) is 5.92 Å². The van der Waals surface area contributed by atoms with Crippen molar-refractivity contribution < 1.29 is 18.5 Å². The van der Waals surface area contributed by atoms with Crippen LogP contribution in [-0.2, 0) is 16.1 Å². The lowest BCUT2D eigenvalue weighted by Gasteiger charge is -2.20. The molecule has 0 bridgehead atoms. The topological polar surface area (TPSA) is 88.3 Å². The zero-order valence-electron chi connectivity index (χ0n) is 14.2. The van der Waals surface area contributed by atoms with E-state index in [2.05, 4.69) is 15.5 Å². The summed E-state index contributed by atoms with van der Waals surface area (Å²) in [5, 5.41) is 6.64. The van der Waals surface area contributed by atoms with Gasteiger partial charge in [0.2, 0.25) is 17.7 Å². The molecule has 2 fully saturated rings. The minimum atomic E-state index is -0.483. The Kier molecular flexibility index (Phi) is 4.40. The van der Waals surface area contributed by atoms with Gasteiger partial charge in [-0.1, -0.05) is 17.6 Å². The molecule has 0 unspecified atom stereocenters. The number of amides is 2. The Bertz CT molecular complexity index is 833. The van der Waals surface area contributed by atoms with Crippen LogP contribution in [0.15, 0.2) is 28.8 Å². The third-order valence-electron chi connectivity index (χ3n) is 4.97. The number of anilines is 1. The Morgan fingerprint density at radius 2 is 2.23 bits per heavy atom. The van der Waals surface area contributed by atoms with E-state index in [9.17, 15) is 14.0 Å². The Hall–Kier alpha value is -2.77. The van der Waals surface area contributed by atoms with E-state index in [4.69, 9.17) is 4.52 Å². The molecule has 0 spiro atoms. The van der Waals surface area contributed by atoms with Gasteiger partial charge in [-0.3, -0.25) is 9.59 Å². The van der Waals surface area contributed by atoms with Crippen molar-refractivity contribution in [3.8, 4) is 0 Å². The van der Waals surface area contributed by atoms with E-state index in [1.807, 2.05) is 0 Å². The van der Waals surface area contributed by atoms with Gasteiger partial charge in [-0.25, -0.2) is 4.39 Å². The molecule has 7 nitrogen and oxygen atoms in total. The van der Waals surface area contributed by atoms with Crippen molar-refractivity contribution in [3.63, 3.8) is 0 Å². The number of nitrogens with zero attached hydrogens (tertiary/aromatic N) is 3. The molecular weight excluding hydrogens is 339 g/mol. The fraction of sp³-hybridized carbons (Fsp3) is 0.444. The lowest BCUT2D eigenvalue weighted by Crippen LogP contribution is -2.32. The number of carbonyl (C=O) groups excluding carboxylic acids is 2. The first-order valence-electron chi connectivity index (χ1n) is 8.76. The molecule has 1 N–H and O–H groups in total. The van der Waals surface area contributed by atoms with Gasteiger partial charge >= 0.3 is 0 Å². The van der Waals surface area contributed by atoms with Crippen LogP contribution in [0.4, 0.5) is 10.1 Å². The zero-order chi connectivity index (χ0) is 18.1. The van der Waals surface area contributed by atoms with Crippen LogP contribution >= 0.6 is 0 Å². The van der Waals surface area contributed by atoms with Crippen LogP contribution in [-0.4, -0.2) is 28.5 Å². The molecule has 26 heavy (non-hydrogen) atoms. The second-order valence-electron chi connectivity index (χ2n) is 6.78. The monoisotopic (exact) mass is 358 g/mol. The average Bonchev–Trinajstić information content (AvgIpc) is 3.18. The highest BCUT2D eigenvalue weighted by molar-refractivity contribution is 6.00. The van der Waals surface area contributed by atoms with Crippen LogP contribution in [0.5, 0.6) is 0 Å². The summed E-state index contributed by atoms with van der Waals surface area (Å²) in [6, 6.07) is 5.81. The molecule has 2 amide bonds. The van der Waals surface area contributed by atoms with Crippen LogP contribution in [0.3, 0.4) is 0 Å². The van der Waals surface area contributed by atoms with Gasteiger partial charge in [0.15, 0.2) is 5.82 Å². The van der Waals surface area contributed by atoms with E-state index < -0.39 is 11.7 Å². The summed E-state index contributed by atoms with van der Waals surface area (Å²) in [6.07, 6.45) is 3.40. The molecule has 1 atom stereocenters. The first-order chi connectivity index (χ1) is 12.6. The summed E-state index contributed by atoms with van der Waals surface area (Å²) in [5.74, 6) is 0.0841. The van der Waals surface area contributed by atoms with Crippen molar-refractivity contribution in [2.75, 3.05) is 11.4 Å². The lowest BCUT2D eigenvalue weighted by atomic mass is 9.85. The molecule has 1 aromatic carbocycles. The molecule has 0 radical (unpaired) electrons. The van der Waals surface area contributed by atoms with Gasteiger partial charge in [0.05, 0.1) is 12.5 Å². The highest BCUT2D eigenvalue weighted by atomic mass is 19.1. The van der Waals surface area contributed by atoms with Gasteiger partial charge in [0.25, 0.3) is 0 Å². The van der Waals surface area contributed by atoms with Gasteiger partial charge in [-0.05, 0) is 31.0 Å². The maximum atomic E-state index is 13.4. The molecule has 2 aliphatic rings. The van der Waals surface area contributed by atoms with E-state index in [0.29, 0.717) is 23.3 Å². The molecule has 1 aromatic heterocycles. The van der Waals surface area contributed by atoms with Crippen LogP contribution in [0.25, 0.3) is 0 Å². The van der Waals surface area contributed by atoms with E-state index in [1.54, 1.807) is 12.1 Å². The molecule has 2 aromatic rings. The van der Waals surface area contributed by atoms with Crippen LogP contribution in [0.1, 0.15) is 43.3 Å². The van der Waals surface area contributed by atoms with E-state index >= 15 is 0 Å². The third-order valence-corrected chi connectivity index (χ3v) is 4.97. The van der Waals surface area contributed by atoms with Crippen LogP contribution < -0.4 is 10.2 Å². The fourth-order valence-electron chi connectivity index (χ4n) is 3.25. The van der Waals surface area contributed by atoms with E-state index in [1.165, 1.54) is 23.5 Å². The minimum absolute atomic E-state index is 0.0991. The normalized spacial score (nSPS) is 20.3. The number of carbonyl (C=O) groups is 2. The SMILES string of the molecule is O=C(NCc1noc(C2CCC2)n1)[C@@H]1CC(=O)N(c2cccc(F)c2)C1. The van der Waals surface area contributed by atoms with Crippen LogP contribution in [0.2, 0.25) is 0 Å². The summed E-state index contributed by atoms with van der Waals surface area (Å²) >= 11 is 0. The molecule has 1 saturated heterocycles. The highest BCUT2D eigenvalue weighted by Crippen LogP contribution is 2.35. The first-order valence-corrected chi connectivity index (χ1v) is 8.76. The zero-order valence-corrected chi connectivity index (χ0v) is 14.2. The number of hydrogen-bond acceptors (Lipinski definition) is 5. The Labute approximate surface area is 149 Å². The average molecular weight is 358 g/mol. The van der Waals surface area contributed by atoms with E-state index in [0.717, 1.165) is 12.8 Å². The molecular formula is C18H19FN4O3. The fourth-order valence-corrected chi connectivity index (χ4v) is 3.25. The number of aromatic nitrogens is 2. The van der Waals surface area contributed by atoms with Gasteiger partial charge in [-0.15, -0.1) is 0 Å². The third kappa shape index (κ3) is 3.31. The Balaban J connectivity index is 1.33. The maximum Gasteiger partial charge on any atom is 0.229 e. The molecule has 1 aliphatic carbocycles. The summed E-state index contributed by atoms with van der Waals surface area (Å²) < 4.78 is 18.6.